The molecule has 31 heavy (non-hydrogen) atoms. The number of benzene rings is 2. The van der Waals surface area contributed by atoms with E-state index in [-0.39, 0.29) is 5.91 Å². The van der Waals surface area contributed by atoms with Gasteiger partial charge in [0, 0.05) is 11.8 Å². The Morgan fingerprint density at radius 3 is 2.26 bits per heavy atom. The molecule has 0 aliphatic heterocycles. The topological polar surface area (TPSA) is 64.7 Å². The average Bonchev–Trinajstić information content (AvgIpc) is 3.29. The van der Waals surface area contributed by atoms with Crippen LogP contribution in [0.1, 0.15) is 38.4 Å². The molecule has 0 spiro atoms. The van der Waals surface area contributed by atoms with Gasteiger partial charge in [0.2, 0.25) is 0 Å². The second-order valence-corrected chi connectivity index (χ2v) is 8.50. The number of carbonyl (C=O) groups is 1. The molecule has 4 rings (SSSR count). The zero-order valence-corrected chi connectivity index (χ0v) is 19.3. The molecule has 2 aromatic carbocycles. The highest BCUT2D eigenvalue weighted by Crippen LogP contribution is 2.21. The third-order valence-corrected chi connectivity index (χ3v) is 6.35. The smallest absolute Gasteiger partial charge is 0.255 e. The fourth-order valence-corrected chi connectivity index (χ4v) is 3.65. The maximum atomic E-state index is 12.6. The van der Waals surface area contributed by atoms with Crippen LogP contribution in [-0.2, 0) is 13.1 Å². The molecular weight excluding hydrogens is 454 g/mol. The van der Waals surface area contributed by atoms with Gasteiger partial charge in [-0.2, -0.15) is 10.2 Å². The van der Waals surface area contributed by atoms with Crippen molar-refractivity contribution in [3.63, 3.8) is 0 Å². The van der Waals surface area contributed by atoms with Gasteiger partial charge in [-0.05, 0) is 60.0 Å². The fourth-order valence-electron chi connectivity index (χ4n) is 3.36. The van der Waals surface area contributed by atoms with E-state index in [1.165, 1.54) is 5.56 Å². The minimum atomic E-state index is -0.157. The number of carbonyl (C=O) groups excluding carboxylic acids is 1. The summed E-state index contributed by atoms with van der Waals surface area (Å²) in [6.07, 6.45) is 3.51. The molecule has 0 unspecified atom stereocenters. The molecule has 0 saturated carbocycles. The molecule has 2 aromatic heterocycles. The van der Waals surface area contributed by atoms with Crippen LogP contribution in [0.25, 0.3) is 0 Å². The Balaban J connectivity index is 1.38. The average molecular weight is 478 g/mol. The van der Waals surface area contributed by atoms with Gasteiger partial charge in [-0.3, -0.25) is 14.2 Å². The summed E-state index contributed by atoms with van der Waals surface area (Å²) in [6.45, 7) is 7.39. The first-order chi connectivity index (χ1) is 14.9. The van der Waals surface area contributed by atoms with E-state index < -0.39 is 0 Å². The van der Waals surface area contributed by atoms with Gasteiger partial charge < -0.3 is 5.32 Å². The number of hydrogen-bond acceptors (Lipinski definition) is 3. The van der Waals surface area contributed by atoms with E-state index >= 15 is 0 Å². The van der Waals surface area contributed by atoms with Gasteiger partial charge in [0.05, 0.1) is 40.8 Å². The summed E-state index contributed by atoms with van der Waals surface area (Å²) in [5, 5.41) is 11.8. The second-order valence-electron chi connectivity index (χ2n) is 7.71. The van der Waals surface area contributed by atoms with Crippen LogP contribution in [0.4, 0.5) is 5.69 Å². The van der Waals surface area contributed by atoms with E-state index in [1.54, 1.807) is 6.20 Å². The lowest BCUT2D eigenvalue weighted by Gasteiger charge is -2.07. The van der Waals surface area contributed by atoms with E-state index in [1.807, 2.05) is 53.7 Å². The zero-order chi connectivity index (χ0) is 22.0. The SMILES string of the molecule is Cc1ccc(Cn2cc(NC(=O)c3ccc(Cn4nc(C)c(Br)c4C)cc3)cn2)cc1. The van der Waals surface area contributed by atoms with E-state index in [4.69, 9.17) is 0 Å². The molecule has 0 aliphatic rings. The minimum absolute atomic E-state index is 0.157. The number of anilines is 1. The largest absolute Gasteiger partial charge is 0.319 e. The summed E-state index contributed by atoms with van der Waals surface area (Å²) in [6, 6.07) is 15.9. The van der Waals surface area contributed by atoms with Crippen LogP contribution in [0.15, 0.2) is 65.4 Å². The third-order valence-electron chi connectivity index (χ3n) is 5.20. The highest BCUT2D eigenvalue weighted by molar-refractivity contribution is 9.10. The molecule has 0 fully saturated rings. The van der Waals surface area contributed by atoms with Gasteiger partial charge in [0.1, 0.15) is 0 Å². The molecule has 0 aliphatic carbocycles. The quantitative estimate of drug-likeness (QED) is 0.419. The maximum absolute atomic E-state index is 12.6. The van der Waals surface area contributed by atoms with Crippen molar-refractivity contribution in [2.45, 2.75) is 33.9 Å². The third kappa shape index (κ3) is 4.94. The van der Waals surface area contributed by atoms with Crippen molar-refractivity contribution in [3.05, 3.63) is 99.0 Å². The minimum Gasteiger partial charge on any atom is -0.319 e. The monoisotopic (exact) mass is 477 g/mol. The summed E-state index contributed by atoms with van der Waals surface area (Å²) in [7, 11) is 0. The van der Waals surface area contributed by atoms with Crippen LogP contribution in [0, 0.1) is 20.8 Å². The summed E-state index contributed by atoms with van der Waals surface area (Å²) in [4.78, 5) is 12.6. The second kappa shape index (κ2) is 8.89. The first-order valence-electron chi connectivity index (χ1n) is 10.1. The van der Waals surface area contributed by atoms with Gasteiger partial charge in [-0.1, -0.05) is 42.0 Å². The Morgan fingerprint density at radius 1 is 0.968 bits per heavy atom. The highest BCUT2D eigenvalue weighted by atomic mass is 79.9. The van der Waals surface area contributed by atoms with Crippen LogP contribution in [-0.4, -0.2) is 25.5 Å². The van der Waals surface area contributed by atoms with Crippen LogP contribution >= 0.6 is 15.9 Å². The molecule has 2 heterocycles. The Bertz CT molecular complexity index is 1210. The zero-order valence-electron chi connectivity index (χ0n) is 17.8. The molecule has 7 heteroatoms. The van der Waals surface area contributed by atoms with Crippen molar-refractivity contribution in [2.75, 3.05) is 5.32 Å². The number of rotatable bonds is 6. The molecule has 4 aromatic rings. The summed E-state index contributed by atoms with van der Waals surface area (Å²) in [5.74, 6) is -0.157. The number of amides is 1. The normalized spacial score (nSPS) is 11.0. The molecule has 0 atom stereocenters. The van der Waals surface area contributed by atoms with Crippen molar-refractivity contribution >= 4 is 27.5 Å². The molecular formula is C24H24BrN5O. The van der Waals surface area contributed by atoms with Gasteiger partial charge in [-0.15, -0.1) is 0 Å². The van der Waals surface area contributed by atoms with Crippen molar-refractivity contribution in [1.82, 2.24) is 19.6 Å². The molecule has 158 valence electrons. The van der Waals surface area contributed by atoms with Crippen LogP contribution in [0.2, 0.25) is 0 Å². The van der Waals surface area contributed by atoms with Crippen LogP contribution in [0.3, 0.4) is 0 Å². The van der Waals surface area contributed by atoms with Crippen molar-refractivity contribution in [1.29, 1.82) is 0 Å². The van der Waals surface area contributed by atoms with E-state index in [2.05, 4.69) is 62.6 Å². The highest BCUT2D eigenvalue weighted by Gasteiger charge is 2.11. The van der Waals surface area contributed by atoms with Crippen LogP contribution < -0.4 is 5.32 Å². The van der Waals surface area contributed by atoms with Crippen molar-refractivity contribution < 1.29 is 4.79 Å². The summed E-state index contributed by atoms with van der Waals surface area (Å²) >= 11 is 3.56. The lowest BCUT2D eigenvalue weighted by Crippen LogP contribution is -2.12. The Labute approximate surface area is 190 Å². The molecule has 0 saturated heterocycles. The number of nitrogens with zero attached hydrogens (tertiary/aromatic N) is 4. The number of aryl methyl sites for hydroxylation is 2. The Kier molecular flexibility index (Phi) is 6.04. The van der Waals surface area contributed by atoms with Gasteiger partial charge >= 0.3 is 0 Å². The van der Waals surface area contributed by atoms with Crippen LogP contribution in [0.5, 0.6) is 0 Å². The molecule has 1 N–H and O–H groups in total. The first kappa shape index (κ1) is 21.1. The van der Waals surface area contributed by atoms with Gasteiger partial charge in [0.25, 0.3) is 5.91 Å². The van der Waals surface area contributed by atoms with E-state index in [0.717, 1.165) is 27.0 Å². The number of aromatic nitrogens is 4. The molecule has 6 nitrogen and oxygen atoms in total. The van der Waals surface area contributed by atoms with Gasteiger partial charge in [0.15, 0.2) is 0 Å². The molecule has 0 bridgehead atoms. The first-order valence-corrected chi connectivity index (χ1v) is 10.9. The lowest BCUT2D eigenvalue weighted by molar-refractivity contribution is 0.102. The van der Waals surface area contributed by atoms with Crippen molar-refractivity contribution in [3.8, 4) is 0 Å². The molecule has 1 amide bonds. The summed E-state index contributed by atoms with van der Waals surface area (Å²) in [5.41, 5.74) is 6.81. The maximum Gasteiger partial charge on any atom is 0.255 e. The lowest BCUT2D eigenvalue weighted by atomic mass is 10.1. The fraction of sp³-hybridized carbons (Fsp3) is 0.208. The molecule has 0 radical (unpaired) electrons. The van der Waals surface area contributed by atoms with E-state index in [0.29, 0.717) is 24.3 Å². The van der Waals surface area contributed by atoms with Gasteiger partial charge in [-0.25, -0.2) is 0 Å². The Hall–Kier alpha value is -3.19. The number of halogens is 1. The predicted octanol–water partition coefficient (Wildman–Crippen LogP) is 5.12. The summed E-state index contributed by atoms with van der Waals surface area (Å²) < 4.78 is 4.80. The van der Waals surface area contributed by atoms with Crippen molar-refractivity contribution in [2.24, 2.45) is 0 Å². The van der Waals surface area contributed by atoms with E-state index in [9.17, 15) is 4.79 Å². The number of nitrogens with one attached hydrogen (secondary N) is 1. The number of hydrogen-bond donors (Lipinski definition) is 1. The predicted molar refractivity (Wildman–Crippen MR) is 125 cm³/mol. The standard InChI is InChI=1S/C24H24BrN5O/c1-16-4-6-19(7-5-16)13-29-15-22(12-26-29)27-24(31)21-10-8-20(9-11-21)14-30-18(3)23(25)17(2)28-30/h4-12,15H,13-14H2,1-3H3,(H,27,31). The Morgan fingerprint density at radius 2 is 1.61 bits per heavy atom.